The summed E-state index contributed by atoms with van der Waals surface area (Å²) in [6, 6.07) is 60.9. The van der Waals surface area contributed by atoms with Gasteiger partial charge in [0.05, 0.1) is 22.2 Å². The lowest BCUT2D eigenvalue weighted by Gasteiger charge is -2.14. The van der Waals surface area contributed by atoms with Gasteiger partial charge in [0.15, 0.2) is 0 Å². The normalized spacial score (nSPS) is 11.6. The Labute approximate surface area is 261 Å². The van der Waals surface area contributed by atoms with Gasteiger partial charge in [-0.2, -0.15) is 0 Å². The van der Waals surface area contributed by atoms with Crippen molar-refractivity contribution in [2.75, 3.05) is 0 Å². The maximum absolute atomic E-state index is 5.12. The van der Waals surface area contributed by atoms with Crippen LogP contribution in [0.1, 0.15) is 0 Å². The molecule has 2 aromatic heterocycles. The number of hydrogen-bond acceptors (Lipinski definition) is 1. The molecule has 0 atom stereocenters. The zero-order valence-corrected chi connectivity index (χ0v) is 24.6. The molecule has 2 heteroatoms. The van der Waals surface area contributed by atoms with Crippen molar-refractivity contribution < 1.29 is 0 Å². The molecule has 7 aromatic carbocycles. The first-order chi connectivity index (χ1) is 22.3. The van der Waals surface area contributed by atoms with Gasteiger partial charge in [0.2, 0.25) is 0 Å². The van der Waals surface area contributed by atoms with Gasteiger partial charge in [-0.25, -0.2) is 4.98 Å². The summed E-state index contributed by atoms with van der Waals surface area (Å²) >= 11 is 0. The average molecular weight is 573 g/mol. The molecule has 0 unspecified atom stereocenters. The number of pyridine rings is 1. The quantitative estimate of drug-likeness (QED) is 0.192. The molecule has 0 radical (unpaired) electrons. The zero-order valence-electron chi connectivity index (χ0n) is 24.6. The molecule has 0 aliphatic heterocycles. The Morgan fingerprint density at radius 3 is 1.87 bits per heavy atom. The molecule has 0 aliphatic carbocycles. The van der Waals surface area contributed by atoms with Crippen molar-refractivity contribution in [1.82, 2.24) is 9.55 Å². The van der Waals surface area contributed by atoms with E-state index in [2.05, 4.69) is 174 Å². The lowest BCUT2D eigenvalue weighted by atomic mass is 9.93. The first-order valence-corrected chi connectivity index (χ1v) is 15.4. The minimum atomic E-state index is 0.984. The van der Waals surface area contributed by atoms with E-state index in [-0.39, 0.29) is 0 Å². The van der Waals surface area contributed by atoms with Crippen LogP contribution in [0.2, 0.25) is 0 Å². The van der Waals surface area contributed by atoms with E-state index in [0.717, 1.165) is 16.8 Å². The van der Waals surface area contributed by atoms with Crippen LogP contribution in [0.5, 0.6) is 0 Å². The van der Waals surface area contributed by atoms with E-state index in [1.165, 1.54) is 65.9 Å². The maximum Gasteiger partial charge on any atom is 0.0722 e. The largest absolute Gasteiger partial charge is 0.309 e. The SMILES string of the molecule is c1ccc(-c2cc(-c3ccc(-c4ccc5c(c4)c4ccccc4n5-c4ccccc4)cc3)c3c(ccc4ccccc43)n2)cc1. The van der Waals surface area contributed by atoms with E-state index in [1.54, 1.807) is 0 Å². The van der Waals surface area contributed by atoms with Gasteiger partial charge in [0.25, 0.3) is 0 Å². The van der Waals surface area contributed by atoms with Crippen molar-refractivity contribution in [1.29, 1.82) is 0 Å². The fourth-order valence-corrected chi connectivity index (χ4v) is 6.84. The summed E-state index contributed by atoms with van der Waals surface area (Å²) in [5, 5.41) is 6.16. The molecule has 9 rings (SSSR count). The van der Waals surface area contributed by atoms with Gasteiger partial charge in [-0.15, -0.1) is 0 Å². The Hall–Kier alpha value is -5.99. The van der Waals surface area contributed by atoms with E-state index >= 15 is 0 Å². The molecule has 0 saturated carbocycles. The van der Waals surface area contributed by atoms with Crippen LogP contribution in [0.25, 0.3) is 82.7 Å². The third-order valence-electron chi connectivity index (χ3n) is 8.98. The molecular weight excluding hydrogens is 544 g/mol. The van der Waals surface area contributed by atoms with Crippen LogP contribution in [0, 0.1) is 0 Å². The van der Waals surface area contributed by atoms with Crippen molar-refractivity contribution in [3.05, 3.63) is 170 Å². The number of aromatic nitrogens is 2. The highest BCUT2D eigenvalue weighted by Crippen LogP contribution is 2.38. The Bertz CT molecular complexity index is 2510. The van der Waals surface area contributed by atoms with Crippen LogP contribution in [0.15, 0.2) is 170 Å². The maximum atomic E-state index is 5.12. The summed E-state index contributed by atoms with van der Waals surface area (Å²) in [6.07, 6.45) is 0. The monoisotopic (exact) mass is 572 g/mol. The molecule has 210 valence electrons. The zero-order chi connectivity index (χ0) is 29.7. The molecule has 0 amide bonds. The highest BCUT2D eigenvalue weighted by molar-refractivity contribution is 6.14. The van der Waals surface area contributed by atoms with Crippen molar-refractivity contribution in [3.63, 3.8) is 0 Å². The summed E-state index contributed by atoms with van der Waals surface area (Å²) in [7, 11) is 0. The second kappa shape index (κ2) is 10.3. The molecule has 0 fully saturated rings. The third-order valence-corrected chi connectivity index (χ3v) is 8.98. The molecule has 2 heterocycles. The molecule has 0 N–H and O–H groups in total. The first kappa shape index (κ1) is 25.5. The topological polar surface area (TPSA) is 17.8 Å². The number of fused-ring (bicyclic) bond motifs is 6. The average Bonchev–Trinajstić information content (AvgIpc) is 3.45. The van der Waals surface area contributed by atoms with Gasteiger partial charge in [-0.05, 0) is 75.5 Å². The molecule has 2 nitrogen and oxygen atoms in total. The van der Waals surface area contributed by atoms with Gasteiger partial charge in [-0.1, -0.05) is 127 Å². The fourth-order valence-electron chi connectivity index (χ4n) is 6.84. The van der Waals surface area contributed by atoms with Gasteiger partial charge >= 0.3 is 0 Å². The Morgan fingerprint density at radius 1 is 0.400 bits per heavy atom. The highest BCUT2D eigenvalue weighted by atomic mass is 15.0. The molecule has 0 spiro atoms. The number of nitrogens with zero attached hydrogens (tertiary/aromatic N) is 2. The smallest absolute Gasteiger partial charge is 0.0722 e. The molecule has 0 aliphatic rings. The number of hydrogen-bond donors (Lipinski definition) is 0. The minimum Gasteiger partial charge on any atom is -0.309 e. The van der Waals surface area contributed by atoms with Crippen LogP contribution >= 0.6 is 0 Å². The summed E-state index contributed by atoms with van der Waals surface area (Å²) in [6.45, 7) is 0. The van der Waals surface area contributed by atoms with Gasteiger partial charge in [0, 0.05) is 27.4 Å². The highest BCUT2D eigenvalue weighted by Gasteiger charge is 2.15. The third kappa shape index (κ3) is 4.22. The second-order valence-electron chi connectivity index (χ2n) is 11.6. The molecule has 45 heavy (non-hydrogen) atoms. The number of rotatable bonds is 4. The number of para-hydroxylation sites is 2. The lowest BCUT2D eigenvalue weighted by Crippen LogP contribution is -1.92. The van der Waals surface area contributed by atoms with Gasteiger partial charge < -0.3 is 4.57 Å². The van der Waals surface area contributed by atoms with Crippen LogP contribution < -0.4 is 0 Å². The van der Waals surface area contributed by atoms with E-state index in [0.29, 0.717) is 0 Å². The lowest BCUT2D eigenvalue weighted by molar-refractivity contribution is 1.18. The molecule has 0 saturated heterocycles. The molecule has 9 aromatic rings. The Morgan fingerprint density at radius 2 is 1.04 bits per heavy atom. The second-order valence-corrected chi connectivity index (χ2v) is 11.6. The Kier molecular flexibility index (Phi) is 5.85. The van der Waals surface area contributed by atoms with E-state index in [9.17, 15) is 0 Å². The standard InChI is InChI=1S/C43H28N2/c1-3-12-32(13-4-1)40-28-37(43-35-16-8-7-11-30(35)23-25-39(43)44-40)31-21-19-29(20-22-31)33-24-26-42-38(27-33)36-17-9-10-18-41(36)45(42)34-14-5-2-6-15-34/h1-28H. The summed E-state index contributed by atoms with van der Waals surface area (Å²) in [4.78, 5) is 5.12. The van der Waals surface area contributed by atoms with Crippen molar-refractivity contribution in [3.8, 4) is 39.2 Å². The van der Waals surface area contributed by atoms with Crippen LogP contribution in [0.3, 0.4) is 0 Å². The van der Waals surface area contributed by atoms with Gasteiger partial charge in [-0.3, -0.25) is 0 Å². The van der Waals surface area contributed by atoms with Crippen LogP contribution in [-0.4, -0.2) is 9.55 Å². The van der Waals surface area contributed by atoms with Crippen LogP contribution in [0.4, 0.5) is 0 Å². The van der Waals surface area contributed by atoms with Gasteiger partial charge in [0.1, 0.15) is 0 Å². The van der Waals surface area contributed by atoms with Crippen molar-refractivity contribution in [2.24, 2.45) is 0 Å². The summed E-state index contributed by atoms with van der Waals surface area (Å²) < 4.78 is 2.36. The van der Waals surface area contributed by atoms with E-state index in [1.807, 2.05) is 0 Å². The molecule has 0 bridgehead atoms. The van der Waals surface area contributed by atoms with Crippen molar-refractivity contribution in [2.45, 2.75) is 0 Å². The molecular formula is C43H28N2. The number of benzene rings is 7. The minimum absolute atomic E-state index is 0.984. The van der Waals surface area contributed by atoms with Crippen molar-refractivity contribution >= 4 is 43.5 Å². The van der Waals surface area contributed by atoms with E-state index in [4.69, 9.17) is 4.98 Å². The predicted octanol–water partition coefficient (Wildman–Crippen LogP) is 11.5. The summed E-state index contributed by atoms with van der Waals surface area (Å²) in [5.41, 5.74) is 11.5. The predicted molar refractivity (Wildman–Crippen MR) is 190 cm³/mol. The summed E-state index contributed by atoms with van der Waals surface area (Å²) in [5.74, 6) is 0. The fraction of sp³-hybridized carbons (Fsp3) is 0. The Balaban J connectivity index is 1.20. The van der Waals surface area contributed by atoms with E-state index < -0.39 is 0 Å². The first-order valence-electron chi connectivity index (χ1n) is 15.4. The van der Waals surface area contributed by atoms with Crippen LogP contribution in [-0.2, 0) is 0 Å².